The van der Waals surface area contributed by atoms with Crippen LogP contribution < -0.4 is 14.8 Å². The number of carbonyl (C=O) groups excluding carboxylic acids is 1. The molecule has 2 aromatic carbocycles. The van der Waals surface area contributed by atoms with Gasteiger partial charge in [0.2, 0.25) is 0 Å². The molecule has 12 nitrogen and oxygen atoms in total. The normalized spacial score (nSPS) is 18.6. The van der Waals surface area contributed by atoms with Crippen molar-refractivity contribution in [3.63, 3.8) is 0 Å². The first-order chi connectivity index (χ1) is 20.1. The highest BCUT2D eigenvalue weighted by molar-refractivity contribution is 7.90. The van der Waals surface area contributed by atoms with Crippen LogP contribution in [0.15, 0.2) is 71.9 Å². The Morgan fingerprint density at radius 3 is 2.71 bits per heavy atom. The van der Waals surface area contributed by atoms with Crippen LogP contribution in [0.3, 0.4) is 0 Å². The molecule has 0 aliphatic heterocycles. The minimum absolute atomic E-state index is 0.0528. The molecule has 3 N–H and O–H groups in total. The number of nitrogens with zero attached hydrogens (tertiary/aromatic N) is 3. The van der Waals surface area contributed by atoms with Crippen LogP contribution in [0, 0.1) is 32.8 Å². The van der Waals surface area contributed by atoms with Crippen molar-refractivity contribution in [1.29, 1.82) is 5.26 Å². The van der Waals surface area contributed by atoms with Gasteiger partial charge in [-0.05, 0) is 74.9 Å². The number of sulfonamides is 1. The fourth-order valence-corrected chi connectivity index (χ4v) is 5.93. The van der Waals surface area contributed by atoms with Crippen LogP contribution in [-0.2, 0) is 10.0 Å². The highest BCUT2D eigenvalue weighted by atomic mass is 32.2. The van der Waals surface area contributed by atoms with E-state index in [0.29, 0.717) is 17.9 Å². The van der Waals surface area contributed by atoms with Crippen molar-refractivity contribution in [2.24, 2.45) is 11.3 Å². The van der Waals surface area contributed by atoms with Crippen LogP contribution in [-0.4, -0.2) is 35.8 Å². The van der Waals surface area contributed by atoms with Crippen LogP contribution in [0.1, 0.15) is 43.0 Å². The summed E-state index contributed by atoms with van der Waals surface area (Å²) in [5.74, 6) is -0.286. The number of benzene rings is 2. The Morgan fingerprint density at radius 1 is 1.21 bits per heavy atom. The summed E-state index contributed by atoms with van der Waals surface area (Å²) in [6.45, 7) is 2.39. The lowest BCUT2D eigenvalue weighted by atomic mass is 9.73. The van der Waals surface area contributed by atoms with E-state index in [1.807, 2.05) is 17.7 Å². The number of anilines is 1. The minimum Gasteiger partial charge on any atom is -0.455 e. The number of nitriles is 1. The summed E-state index contributed by atoms with van der Waals surface area (Å²) in [4.78, 5) is 31.0. The number of nitro groups is 1. The summed E-state index contributed by atoms with van der Waals surface area (Å²) in [5.41, 5.74) is 0.00356. The third-order valence-corrected chi connectivity index (χ3v) is 8.83. The molecule has 2 heterocycles. The lowest BCUT2D eigenvalue weighted by Crippen LogP contribution is -2.31. The molecule has 4 aromatic rings. The number of nitrogens with one attached hydrogen (secondary N) is 3. The third-order valence-electron chi connectivity index (χ3n) is 7.50. The monoisotopic (exact) mass is 588 g/mol. The molecular weight excluding hydrogens is 560 g/mol. The standard InChI is InChI=1S/C29H28N6O6S/c1-29(18-30)11-8-19(9-12-29)16-32-24-7-6-22(15-25(24)35(37)38)42(39,40)34-28(36)23-4-2-3-5-26(23)41-21-14-20-10-13-31-27(20)33-17-21/h2-7,10,13-15,17,19,32H,8-9,11-12,16H2,1H3,(H,31,33)(H,34,36). The van der Waals surface area contributed by atoms with E-state index in [1.54, 1.807) is 24.4 Å². The van der Waals surface area contributed by atoms with Gasteiger partial charge < -0.3 is 15.0 Å². The molecule has 1 fully saturated rings. The van der Waals surface area contributed by atoms with Crippen LogP contribution in [0.5, 0.6) is 11.5 Å². The third kappa shape index (κ3) is 6.18. The number of carbonyl (C=O) groups is 1. The Balaban J connectivity index is 1.30. The smallest absolute Gasteiger partial charge is 0.293 e. The average Bonchev–Trinajstić information content (AvgIpc) is 3.45. The van der Waals surface area contributed by atoms with Crippen molar-refractivity contribution < 1.29 is 22.9 Å². The summed E-state index contributed by atoms with van der Waals surface area (Å²) in [5, 5.41) is 25.0. The Labute approximate surface area is 241 Å². The van der Waals surface area contributed by atoms with Gasteiger partial charge in [-0.25, -0.2) is 18.1 Å². The van der Waals surface area contributed by atoms with E-state index in [0.717, 1.165) is 37.1 Å². The molecule has 5 rings (SSSR count). The molecule has 0 unspecified atom stereocenters. The zero-order valence-electron chi connectivity index (χ0n) is 22.7. The van der Waals surface area contributed by atoms with E-state index < -0.39 is 31.4 Å². The molecule has 216 valence electrons. The van der Waals surface area contributed by atoms with Gasteiger partial charge in [-0.3, -0.25) is 14.9 Å². The number of amides is 1. The van der Waals surface area contributed by atoms with Crippen molar-refractivity contribution in [2.45, 2.75) is 37.5 Å². The molecule has 1 saturated carbocycles. The summed E-state index contributed by atoms with van der Waals surface area (Å²) in [7, 11) is -4.48. The lowest BCUT2D eigenvalue weighted by Gasteiger charge is -2.32. The first kappa shape index (κ1) is 28.6. The van der Waals surface area contributed by atoms with Gasteiger partial charge in [-0.1, -0.05) is 12.1 Å². The van der Waals surface area contributed by atoms with Crippen LogP contribution >= 0.6 is 0 Å². The molecular formula is C29H28N6O6S. The molecule has 0 radical (unpaired) electrons. The first-order valence-corrected chi connectivity index (χ1v) is 14.8. The van der Waals surface area contributed by atoms with Gasteiger partial charge in [-0.15, -0.1) is 0 Å². The molecule has 42 heavy (non-hydrogen) atoms. The number of hydrogen-bond donors (Lipinski definition) is 3. The topological polar surface area (TPSA) is 180 Å². The van der Waals surface area contributed by atoms with Gasteiger partial charge >= 0.3 is 0 Å². The predicted octanol–water partition coefficient (Wildman–Crippen LogP) is 5.51. The number of H-pyrrole nitrogens is 1. The Hall–Kier alpha value is -4.96. The highest BCUT2D eigenvalue weighted by Crippen LogP contribution is 2.38. The van der Waals surface area contributed by atoms with E-state index in [2.05, 4.69) is 21.4 Å². The largest absolute Gasteiger partial charge is 0.455 e. The Morgan fingerprint density at radius 2 is 1.98 bits per heavy atom. The molecule has 1 amide bonds. The SMILES string of the molecule is CC1(C#N)CCC(CNc2ccc(S(=O)(=O)NC(=O)c3ccccc3Oc3cnc4[nH]ccc4c3)cc2[N+](=O)[O-])CC1. The van der Waals surface area contributed by atoms with E-state index in [9.17, 15) is 28.6 Å². The van der Waals surface area contributed by atoms with Crippen LogP contribution in [0.2, 0.25) is 0 Å². The van der Waals surface area contributed by atoms with E-state index in [1.165, 1.54) is 30.5 Å². The number of aromatic amines is 1. The van der Waals surface area contributed by atoms with Crippen molar-refractivity contribution >= 4 is 38.3 Å². The Kier molecular flexibility index (Phi) is 7.82. The first-order valence-electron chi connectivity index (χ1n) is 13.3. The average molecular weight is 589 g/mol. The number of nitro benzene ring substituents is 1. The molecule has 0 spiro atoms. The van der Waals surface area contributed by atoms with Gasteiger partial charge in [0.05, 0.1) is 33.1 Å². The van der Waals surface area contributed by atoms with E-state index >= 15 is 0 Å². The number of rotatable bonds is 9. The quantitative estimate of drug-likeness (QED) is 0.168. The molecule has 2 aromatic heterocycles. The Bertz CT molecular complexity index is 1800. The number of fused-ring (bicyclic) bond motifs is 1. The number of ether oxygens (including phenoxy) is 1. The van der Waals surface area contributed by atoms with E-state index in [-0.39, 0.29) is 28.3 Å². The molecule has 13 heteroatoms. The molecule has 1 aliphatic carbocycles. The fraction of sp³-hybridized carbons (Fsp3) is 0.276. The fourth-order valence-electron chi connectivity index (χ4n) is 4.95. The molecule has 0 atom stereocenters. The second kappa shape index (κ2) is 11.5. The van der Waals surface area contributed by atoms with Gasteiger partial charge in [0.15, 0.2) is 0 Å². The van der Waals surface area contributed by atoms with Crippen molar-refractivity contribution in [2.75, 3.05) is 11.9 Å². The maximum absolute atomic E-state index is 13.1. The predicted molar refractivity (Wildman–Crippen MR) is 155 cm³/mol. The molecule has 0 saturated heterocycles. The van der Waals surface area contributed by atoms with Crippen molar-refractivity contribution in [3.05, 3.63) is 82.7 Å². The van der Waals surface area contributed by atoms with Crippen LogP contribution in [0.4, 0.5) is 11.4 Å². The summed E-state index contributed by atoms with van der Waals surface area (Å²) < 4.78 is 34.1. The highest BCUT2D eigenvalue weighted by Gasteiger charge is 2.31. The lowest BCUT2D eigenvalue weighted by molar-refractivity contribution is -0.384. The van der Waals surface area contributed by atoms with Crippen molar-refractivity contribution in [3.8, 4) is 17.6 Å². The molecule has 0 bridgehead atoms. The molecule has 1 aliphatic rings. The second-order valence-corrected chi connectivity index (χ2v) is 12.2. The summed E-state index contributed by atoms with van der Waals surface area (Å²) >= 11 is 0. The number of pyridine rings is 1. The van der Waals surface area contributed by atoms with Crippen molar-refractivity contribution in [1.82, 2.24) is 14.7 Å². The van der Waals surface area contributed by atoms with E-state index in [4.69, 9.17) is 4.74 Å². The second-order valence-electron chi connectivity index (χ2n) is 10.6. The number of hydrogen-bond acceptors (Lipinski definition) is 9. The summed E-state index contributed by atoms with van der Waals surface area (Å²) in [6.07, 6.45) is 6.32. The van der Waals surface area contributed by atoms with Gasteiger partial charge in [0.25, 0.3) is 21.6 Å². The summed E-state index contributed by atoms with van der Waals surface area (Å²) in [6, 6.07) is 15.4. The van der Waals surface area contributed by atoms with Gasteiger partial charge in [-0.2, -0.15) is 5.26 Å². The zero-order chi connectivity index (χ0) is 29.9. The maximum Gasteiger partial charge on any atom is 0.293 e. The minimum atomic E-state index is -4.48. The maximum atomic E-state index is 13.1. The van der Waals surface area contributed by atoms with Gasteiger partial charge in [0.1, 0.15) is 22.8 Å². The number of para-hydroxylation sites is 1. The van der Waals surface area contributed by atoms with Gasteiger partial charge in [0, 0.05) is 24.2 Å². The number of aromatic nitrogens is 2. The van der Waals surface area contributed by atoms with Crippen LogP contribution in [0.25, 0.3) is 11.0 Å². The zero-order valence-corrected chi connectivity index (χ0v) is 23.5.